The first kappa shape index (κ1) is 14.9. The van der Waals surface area contributed by atoms with Crippen LogP contribution in [-0.4, -0.2) is 25.9 Å². The predicted octanol–water partition coefficient (Wildman–Crippen LogP) is 1.91. The van der Waals surface area contributed by atoms with Gasteiger partial charge >= 0.3 is 0 Å². The molecule has 6 N–H and O–H groups in total. The molecule has 2 heterocycles. The van der Waals surface area contributed by atoms with Gasteiger partial charge in [0.25, 0.3) is 0 Å². The van der Waals surface area contributed by atoms with Crippen molar-refractivity contribution in [1.82, 2.24) is 15.2 Å². The molecule has 0 aliphatic heterocycles. The zero-order valence-corrected chi connectivity index (χ0v) is 12.9. The Bertz CT molecular complexity index is 941. The number of pyridine rings is 1. The number of aromatic amines is 1. The fourth-order valence-corrected chi connectivity index (χ4v) is 2.27. The maximum atomic E-state index is 9.82. The van der Waals surface area contributed by atoms with Crippen LogP contribution in [0.15, 0.2) is 30.5 Å². The highest BCUT2D eigenvalue weighted by Crippen LogP contribution is 2.30. The number of hydrogen-bond acceptors (Lipinski definition) is 5. The van der Waals surface area contributed by atoms with Gasteiger partial charge in [0.05, 0.1) is 11.1 Å². The number of aliphatic hydroxyl groups is 1. The molecule has 0 saturated heterocycles. The summed E-state index contributed by atoms with van der Waals surface area (Å²) in [6.45, 7) is 3.23. The number of H-pyrrole nitrogens is 1. The Morgan fingerprint density at radius 2 is 1.96 bits per heavy atom. The number of aromatic nitrogens is 3. The van der Waals surface area contributed by atoms with Crippen molar-refractivity contribution in [3.05, 3.63) is 36.0 Å². The van der Waals surface area contributed by atoms with Crippen LogP contribution in [0.1, 0.15) is 19.4 Å². The van der Waals surface area contributed by atoms with Crippen LogP contribution in [0.25, 0.3) is 22.0 Å². The lowest BCUT2D eigenvalue weighted by atomic mass is 9.99. The van der Waals surface area contributed by atoms with E-state index in [-0.39, 0.29) is 0 Å². The summed E-state index contributed by atoms with van der Waals surface area (Å²) in [5.74, 6) is 6.47. The molecule has 2 aromatic heterocycles. The number of benzene rings is 1. The van der Waals surface area contributed by atoms with Gasteiger partial charge in [-0.3, -0.25) is 5.10 Å². The van der Waals surface area contributed by atoms with Crippen LogP contribution in [0.3, 0.4) is 0 Å². The molecule has 0 aliphatic carbocycles. The second-order valence-electron chi connectivity index (χ2n) is 5.80. The summed E-state index contributed by atoms with van der Waals surface area (Å²) in [6.07, 6.45) is 1.63. The van der Waals surface area contributed by atoms with Crippen LogP contribution in [0.5, 0.6) is 0 Å². The van der Waals surface area contributed by atoms with Crippen LogP contribution < -0.4 is 11.5 Å². The lowest BCUT2D eigenvalue weighted by Crippen LogP contribution is -2.14. The third-order valence-corrected chi connectivity index (χ3v) is 3.38. The Balaban J connectivity index is 2.19. The molecule has 116 valence electrons. The normalized spacial score (nSPS) is 11.3. The quantitative estimate of drug-likeness (QED) is 0.513. The van der Waals surface area contributed by atoms with E-state index in [9.17, 15) is 5.11 Å². The van der Waals surface area contributed by atoms with Gasteiger partial charge in [-0.1, -0.05) is 17.9 Å². The molecule has 0 bridgehead atoms. The standard InChI is InChI=1S/C17H17N5O/c1-17(2,23)7-5-12-11(6-8-20-15(12)18)10-3-4-14-13(9-10)16(19)22-21-14/h3-4,6,8-9,23H,1-2H3,(H2,18,20)(H3,19,21,22). The third kappa shape index (κ3) is 2.96. The van der Waals surface area contributed by atoms with Crippen molar-refractivity contribution in [2.45, 2.75) is 19.4 Å². The highest BCUT2D eigenvalue weighted by molar-refractivity contribution is 5.93. The van der Waals surface area contributed by atoms with Crippen LogP contribution >= 0.6 is 0 Å². The Morgan fingerprint density at radius 3 is 2.70 bits per heavy atom. The first-order chi connectivity index (χ1) is 10.8. The molecular formula is C17H17N5O. The maximum absolute atomic E-state index is 9.82. The second-order valence-corrected chi connectivity index (χ2v) is 5.80. The van der Waals surface area contributed by atoms with Crippen molar-refractivity contribution in [3.8, 4) is 23.0 Å². The highest BCUT2D eigenvalue weighted by Gasteiger charge is 2.12. The summed E-state index contributed by atoms with van der Waals surface area (Å²) in [7, 11) is 0. The first-order valence-corrected chi connectivity index (χ1v) is 7.09. The second kappa shape index (κ2) is 5.30. The Labute approximate surface area is 133 Å². The summed E-state index contributed by atoms with van der Waals surface area (Å²) in [6, 6.07) is 7.60. The largest absolute Gasteiger partial charge is 0.383 e. The van der Waals surface area contributed by atoms with E-state index in [1.165, 1.54) is 0 Å². The number of fused-ring (bicyclic) bond motifs is 1. The number of nitrogens with two attached hydrogens (primary N) is 2. The fourth-order valence-electron chi connectivity index (χ4n) is 2.27. The van der Waals surface area contributed by atoms with Gasteiger partial charge in [-0.05, 0) is 37.6 Å². The molecule has 0 radical (unpaired) electrons. The van der Waals surface area contributed by atoms with Crippen molar-refractivity contribution < 1.29 is 5.11 Å². The van der Waals surface area contributed by atoms with E-state index in [2.05, 4.69) is 27.0 Å². The van der Waals surface area contributed by atoms with Gasteiger partial charge in [0.2, 0.25) is 0 Å². The van der Waals surface area contributed by atoms with E-state index in [0.29, 0.717) is 17.2 Å². The van der Waals surface area contributed by atoms with Crippen LogP contribution in [0.4, 0.5) is 11.6 Å². The number of nitrogens with zero attached hydrogens (tertiary/aromatic N) is 2. The molecule has 0 amide bonds. The minimum Gasteiger partial charge on any atom is -0.383 e. The van der Waals surface area contributed by atoms with E-state index < -0.39 is 5.60 Å². The summed E-state index contributed by atoms with van der Waals surface area (Å²) < 4.78 is 0. The number of nitrogens with one attached hydrogen (secondary N) is 1. The van der Waals surface area contributed by atoms with Gasteiger partial charge in [0, 0.05) is 17.1 Å². The lowest BCUT2D eigenvalue weighted by Gasteiger charge is -2.09. The molecule has 6 nitrogen and oxygen atoms in total. The van der Waals surface area contributed by atoms with E-state index in [1.54, 1.807) is 20.0 Å². The average molecular weight is 307 g/mol. The fraction of sp³-hybridized carbons (Fsp3) is 0.176. The third-order valence-electron chi connectivity index (χ3n) is 3.38. The molecule has 3 rings (SSSR count). The lowest BCUT2D eigenvalue weighted by molar-refractivity contribution is 0.143. The molecular weight excluding hydrogens is 290 g/mol. The molecule has 23 heavy (non-hydrogen) atoms. The Hall–Kier alpha value is -3.04. The van der Waals surface area contributed by atoms with Crippen molar-refractivity contribution in [2.24, 2.45) is 0 Å². The summed E-state index contributed by atoms with van der Waals surface area (Å²) in [5.41, 5.74) is 13.9. The van der Waals surface area contributed by atoms with Gasteiger partial charge in [0.15, 0.2) is 5.82 Å². The summed E-state index contributed by atoms with van der Waals surface area (Å²) >= 11 is 0. The molecule has 0 fully saturated rings. The van der Waals surface area contributed by atoms with Gasteiger partial charge in [-0.15, -0.1) is 0 Å². The van der Waals surface area contributed by atoms with Crippen molar-refractivity contribution in [2.75, 3.05) is 11.5 Å². The minimum atomic E-state index is -1.11. The molecule has 0 unspecified atom stereocenters. The van der Waals surface area contributed by atoms with Gasteiger partial charge in [0.1, 0.15) is 11.4 Å². The number of nitrogen functional groups attached to an aromatic ring is 2. The molecule has 0 atom stereocenters. The van der Waals surface area contributed by atoms with Crippen LogP contribution in [0.2, 0.25) is 0 Å². The SMILES string of the molecule is CC(C)(O)C#Cc1c(-c2ccc3[nH]nc(N)c3c2)ccnc1N. The molecule has 0 saturated carbocycles. The zero-order chi connectivity index (χ0) is 16.6. The van der Waals surface area contributed by atoms with E-state index in [0.717, 1.165) is 22.0 Å². The van der Waals surface area contributed by atoms with Crippen molar-refractivity contribution in [1.29, 1.82) is 0 Å². The van der Waals surface area contributed by atoms with Gasteiger partial charge in [-0.2, -0.15) is 5.10 Å². The monoisotopic (exact) mass is 307 g/mol. The minimum absolute atomic E-state index is 0.319. The van der Waals surface area contributed by atoms with E-state index in [4.69, 9.17) is 11.5 Å². The molecule has 1 aromatic carbocycles. The first-order valence-electron chi connectivity index (χ1n) is 7.09. The molecule has 0 spiro atoms. The number of hydrogen-bond donors (Lipinski definition) is 4. The summed E-state index contributed by atoms with van der Waals surface area (Å²) in [5, 5.41) is 17.5. The van der Waals surface area contributed by atoms with Crippen LogP contribution in [-0.2, 0) is 0 Å². The Kier molecular flexibility index (Phi) is 3.43. The highest BCUT2D eigenvalue weighted by atomic mass is 16.3. The maximum Gasteiger partial charge on any atom is 0.153 e. The van der Waals surface area contributed by atoms with Crippen molar-refractivity contribution in [3.63, 3.8) is 0 Å². The van der Waals surface area contributed by atoms with E-state index in [1.807, 2.05) is 24.3 Å². The van der Waals surface area contributed by atoms with Gasteiger partial charge in [-0.25, -0.2) is 4.98 Å². The molecule has 3 aromatic rings. The van der Waals surface area contributed by atoms with Crippen molar-refractivity contribution >= 4 is 22.5 Å². The van der Waals surface area contributed by atoms with E-state index >= 15 is 0 Å². The summed E-state index contributed by atoms with van der Waals surface area (Å²) in [4.78, 5) is 4.09. The molecule has 6 heteroatoms. The zero-order valence-electron chi connectivity index (χ0n) is 12.9. The average Bonchev–Trinajstić information content (AvgIpc) is 2.86. The number of anilines is 2. The topological polar surface area (TPSA) is 114 Å². The number of rotatable bonds is 1. The smallest absolute Gasteiger partial charge is 0.153 e. The predicted molar refractivity (Wildman–Crippen MR) is 91.3 cm³/mol. The molecule has 0 aliphatic rings. The van der Waals surface area contributed by atoms with Crippen LogP contribution in [0, 0.1) is 11.8 Å². The Morgan fingerprint density at radius 1 is 1.17 bits per heavy atom. The van der Waals surface area contributed by atoms with Gasteiger partial charge < -0.3 is 16.6 Å².